The van der Waals surface area contributed by atoms with Crippen molar-refractivity contribution in [3.8, 4) is 0 Å². The Hall–Kier alpha value is -1.00. The van der Waals surface area contributed by atoms with E-state index in [1.54, 1.807) is 7.05 Å². The lowest BCUT2D eigenvalue weighted by atomic mass is 10.1. The fourth-order valence-corrected chi connectivity index (χ4v) is 1.09. The van der Waals surface area contributed by atoms with E-state index in [0.29, 0.717) is 5.56 Å². The highest BCUT2D eigenvalue weighted by atomic mass is 19.2. The summed E-state index contributed by atoms with van der Waals surface area (Å²) in [7, 11) is 1.64. The lowest BCUT2D eigenvalue weighted by Crippen LogP contribution is -2.20. The molecule has 0 aliphatic carbocycles. The Bertz CT molecular complexity index is 287. The van der Waals surface area contributed by atoms with E-state index < -0.39 is 11.6 Å². The Morgan fingerprint density at radius 3 is 2.54 bits per heavy atom. The van der Waals surface area contributed by atoms with Crippen LogP contribution in [0.15, 0.2) is 18.2 Å². The Morgan fingerprint density at radius 1 is 1.38 bits per heavy atom. The monoisotopic (exact) mass is 187 g/mol. The van der Waals surface area contributed by atoms with E-state index in [2.05, 4.69) is 5.32 Å². The summed E-state index contributed by atoms with van der Waals surface area (Å²) in [5.41, 5.74) is 0.531. The van der Waals surface area contributed by atoms with Crippen LogP contribution in [0.25, 0.3) is 0 Å². The molecule has 0 bridgehead atoms. The van der Waals surface area contributed by atoms with E-state index in [0.717, 1.165) is 12.1 Å². The van der Waals surface area contributed by atoms with Crippen molar-refractivity contribution < 1.29 is 13.9 Å². The van der Waals surface area contributed by atoms with Crippen molar-refractivity contribution >= 4 is 0 Å². The van der Waals surface area contributed by atoms with Crippen LogP contribution in [0.2, 0.25) is 0 Å². The number of hydrogen-bond acceptors (Lipinski definition) is 2. The second-order valence-corrected chi connectivity index (χ2v) is 2.70. The van der Waals surface area contributed by atoms with E-state index >= 15 is 0 Å². The standard InChI is InChI=1S/C9H11F2NO/c1-12-9(5-13)6-2-3-7(10)8(11)4-6/h2-4,9,12-13H,5H2,1H3/t9-/m0/s1. The first-order valence-corrected chi connectivity index (χ1v) is 3.92. The van der Waals surface area contributed by atoms with Gasteiger partial charge in [0.1, 0.15) is 0 Å². The quantitative estimate of drug-likeness (QED) is 0.745. The summed E-state index contributed by atoms with van der Waals surface area (Å²) in [6, 6.07) is 3.21. The molecular formula is C9H11F2NO. The molecule has 0 radical (unpaired) electrons. The Morgan fingerprint density at radius 2 is 2.08 bits per heavy atom. The molecule has 72 valence electrons. The van der Waals surface area contributed by atoms with Gasteiger partial charge in [-0.3, -0.25) is 0 Å². The van der Waals surface area contributed by atoms with Crippen molar-refractivity contribution in [3.63, 3.8) is 0 Å². The minimum atomic E-state index is -0.897. The number of rotatable bonds is 3. The number of benzene rings is 1. The molecule has 0 aliphatic rings. The lowest BCUT2D eigenvalue weighted by molar-refractivity contribution is 0.250. The van der Waals surface area contributed by atoms with Gasteiger partial charge in [0.05, 0.1) is 12.6 Å². The number of aliphatic hydroxyl groups is 1. The van der Waals surface area contributed by atoms with Gasteiger partial charge in [-0.1, -0.05) is 6.07 Å². The maximum atomic E-state index is 12.7. The van der Waals surface area contributed by atoms with Crippen molar-refractivity contribution in [1.29, 1.82) is 0 Å². The number of nitrogens with one attached hydrogen (secondary N) is 1. The first-order valence-electron chi connectivity index (χ1n) is 3.92. The van der Waals surface area contributed by atoms with Gasteiger partial charge in [0.15, 0.2) is 11.6 Å². The summed E-state index contributed by atoms with van der Waals surface area (Å²) in [6.07, 6.45) is 0. The molecule has 0 amide bonds. The highest BCUT2D eigenvalue weighted by Gasteiger charge is 2.10. The van der Waals surface area contributed by atoms with Crippen molar-refractivity contribution in [2.24, 2.45) is 0 Å². The summed E-state index contributed by atoms with van der Waals surface area (Å²) >= 11 is 0. The van der Waals surface area contributed by atoms with Crippen molar-refractivity contribution in [3.05, 3.63) is 35.4 Å². The van der Waals surface area contributed by atoms with Crippen molar-refractivity contribution in [1.82, 2.24) is 5.32 Å². The third-order valence-corrected chi connectivity index (χ3v) is 1.88. The summed E-state index contributed by atoms with van der Waals surface area (Å²) in [5, 5.41) is 11.6. The van der Waals surface area contributed by atoms with Crippen LogP contribution >= 0.6 is 0 Å². The molecule has 0 unspecified atom stereocenters. The Balaban J connectivity index is 2.95. The smallest absolute Gasteiger partial charge is 0.159 e. The van der Waals surface area contributed by atoms with Gasteiger partial charge in [0.2, 0.25) is 0 Å². The van der Waals surface area contributed by atoms with E-state index in [9.17, 15) is 8.78 Å². The van der Waals surface area contributed by atoms with E-state index in [-0.39, 0.29) is 12.6 Å². The SMILES string of the molecule is CN[C@@H](CO)c1ccc(F)c(F)c1. The van der Waals surface area contributed by atoms with Gasteiger partial charge >= 0.3 is 0 Å². The summed E-state index contributed by atoms with van der Waals surface area (Å²) in [5.74, 6) is -1.78. The molecule has 1 aromatic carbocycles. The van der Waals surface area contributed by atoms with E-state index in [1.807, 2.05) is 0 Å². The zero-order valence-electron chi connectivity index (χ0n) is 7.22. The largest absolute Gasteiger partial charge is 0.394 e. The third-order valence-electron chi connectivity index (χ3n) is 1.88. The molecule has 1 rings (SSSR count). The third kappa shape index (κ3) is 2.23. The van der Waals surface area contributed by atoms with Crippen LogP contribution < -0.4 is 5.32 Å². The number of hydrogen-bond donors (Lipinski definition) is 2. The molecule has 1 aromatic rings. The second-order valence-electron chi connectivity index (χ2n) is 2.70. The van der Waals surface area contributed by atoms with Crippen molar-refractivity contribution in [2.75, 3.05) is 13.7 Å². The first kappa shape index (κ1) is 10.1. The lowest BCUT2D eigenvalue weighted by Gasteiger charge is -2.13. The van der Waals surface area contributed by atoms with Gasteiger partial charge in [0, 0.05) is 0 Å². The zero-order chi connectivity index (χ0) is 9.84. The minimum absolute atomic E-state index is 0.151. The van der Waals surface area contributed by atoms with E-state index in [4.69, 9.17) is 5.11 Å². The fraction of sp³-hybridized carbons (Fsp3) is 0.333. The molecule has 4 heteroatoms. The number of aliphatic hydroxyl groups excluding tert-OH is 1. The van der Waals surface area contributed by atoms with Gasteiger partial charge in [-0.25, -0.2) is 8.78 Å². The summed E-state index contributed by atoms with van der Waals surface area (Å²) in [4.78, 5) is 0. The molecule has 13 heavy (non-hydrogen) atoms. The summed E-state index contributed by atoms with van der Waals surface area (Å²) < 4.78 is 25.2. The maximum absolute atomic E-state index is 12.7. The molecule has 0 heterocycles. The van der Waals surface area contributed by atoms with Gasteiger partial charge in [-0.15, -0.1) is 0 Å². The van der Waals surface area contributed by atoms with Crippen LogP contribution in [-0.4, -0.2) is 18.8 Å². The molecule has 2 N–H and O–H groups in total. The van der Waals surface area contributed by atoms with Crippen LogP contribution in [0, 0.1) is 11.6 Å². The number of likely N-dealkylation sites (N-methyl/N-ethyl adjacent to an activating group) is 1. The number of halogens is 2. The fourth-order valence-electron chi connectivity index (χ4n) is 1.09. The van der Waals surface area contributed by atoms with Gasteiger partial charge in [-0.05, 0) is 24.7 Å². The van der Waals surface area contributed by atoms with Crippen LogP contribution in [0.3, 0.4) is 0 Å². The van der Waals surface area contributed by atoms with Crippen LogP contribution in [0.1, 0.15) is 11.6 Å². The van der Waals surface area contributed by atoms with Crippen LogP contribution in [-0.2, 0) is 0 Å². The molecule has 0 aliphatic heterocycles. The molecule has 0 saturated heterocycles. The van der Waals surface area contributed by atoms with Crippen LogP contribution in [0.4, 0.5) is 8.78 Å². The van der Waals surface area contributed by atoms with Gasteiger partial charge < -0.3 is 10.4 Å². The molecule has 0 aromatic heterocycles. The zero-order valence-corrected chi connectivity index (χ0v) is 7.22. The topological polar surface area (TPSA) is 32.3 Å². The maximum Gasteiger partial charge on any atom is 0.159 e. The Kier molecular flexibility index (Phi) is 3.33. The molecule has 1 atom stereocenters. The Labute approximate surface area is 75.2 Å². The first-order chi connectivity index (χ1) is 6.19. The predicted octanol–water partition coefficient (Wildman–Crippen LogP) is 1.22. The minimum Gasteiger partial charge on any atom is -0.394 e. The molecule has 2 nitrogen and oxygen atoms in total. The molecular weight excluding hydrogens is 176 g/mol. The van der Waals surface area contributed by atoms with Crippen LogP contribution in [0.5, 0.6) is 0 Å². The second kappa shape index (κ2) is 4.30. The molecule has 0 spiro atoms. The molecule has 0 fully saturated rings. The average Bonchev–Trinajstić information content (AvgIpc) is 2.13. The van der Waals surface area contributed by atoms with Crippen molar-refractivity contribution in [2.45, 2.75) is 6.04 Å². The van der Waals surface area contributed by atoms with Gasteiger partial charge in [0.25, 0.3) is 0 Å². The molecule has 0 saturated carbocycles. The highest BCUT2D eigenvalue weighted by Crippen LogP contribution is 2.15. The van der Waals surface area contributed by atoms with Gasteiger partial charge in [-0.2, -0.15) is 0 Å². The van der Waals surface area contributed by atoms with E-state index in [1.165, 1.54) is 6.07 Å². The predicted molar refractivity (Wildman–Crippen MR) is 45.2 cm³/mol. The highest BCUT2D eigenvalue weighted by molar-refractivity contribution is 5.21. The average molecular weight is 187 g/mol. The normalized spacial score (nSPS) is 12.9. The summed E-state index contributed by atoms with van der Waals surface area (Å²) in [6.45, 7) is -0.151.